The molecule has 1 aliphatic heterocycles. The number of nitrogens with one attached hydrogen (secondary N) is 2. The van der Waals surface area contributed by atoms with Gasteiger partial charge in [-0.15, -0.1) is 11.3 Å². The number of hydrogen-bond donors (Lipinski definition) is 2. The summed E-state index contributed by atoms with van der Waals surface area (Å²) in [5.41, 5.74) is 1.48. The van der Waals surface area contributed by atoms with Crippen molar-refractivity contribution >= 4 is 29.2 Å². The van der Waals surface area contributed by atoms with E-state index in [-0.39, 0.29) is 5.69 Å². The zero-order valence-electron chi connectivity index (χ0n) is 16.0. The Morgan fingerprint density at radius 2 is 2.11 bits per heavy atom. The van der Waals surface area contributed by atoms with E-state index in [0.29, 0.717) is 17.2 Å². The van der Waals surface area contributed by atoms with Gasteiger partial charge >= 0.3 is 6.03 Å². The van der Waals surface area contributed by atoms with E-state index in [1.165, 1.54) is 17.6 Å². The third-order valence-electron chi connectivity index (χ3n) is 4.72. The number of furan rings is 1. The van der Waals surface area contributed by atoms with Gasteiger partial charge in [0.25, 0.3) is 11.8 Å². The number of urea groups is 1. The summed E-state index contributed by atoms with van der Waals surface area (Å²) in [5, 5.41) is 5.55. The molecule has 0 spiro atoms. The Morgan fingerprint density at radius 1 is 1.32 bits per heavy atom. The van der Waals surface area contributed by atoms with Crippen LogP contribution in [0.2, 0.25) is 0 Å². The molecule has 0 aliphatic carbocycles. The van der Waals surface area contributed by atoms with E-state index in [2.05, 4.69) is 22.7 Å². The summed E-state index contributed by atoms with van der Waals surface area (Å²) in [6, 6.07) is 2.84. The second kappa shape index (κ2) is 8.55. The molecule has 28 heavy (non-hydrogen) atoms. The Hall–Kier alpha value is -2.68. The van der Waals surface area contributed by atoms with Crippen LogP contribution in [0.5, 0.6) is 0 Å². The van der Waals surface area contributed by atoms with Crippen LogP contribution in [-0.2, 0) is 4.79 Å². The van der Waals surface area contributed by atoms with Gasteiger partial charge in [-0.3, -0.25) is 15.0 Å². The van der Waals surface area contributed by atoms with Gasteiger partial charge in [-0.2, -0.15) is 5.01 Å². The SMILES string of the molecule is CCCCCCC[C@@]1(C)NC(=O)N(NC(=O)c2csc(-c3ccco3)n2)C1=O. The lowest BCUT2D eigenvalue weighted by molar-refractivity contribution is -0.132. The molecule has 1 saturated heterocycles. The fourth-order valence-electron chi connectivity index (χ4n) is 3.09. The van der Waals surface area contributed by atoms with Crippen molar-refractivity contribution in [1.29, 1.82) is 0 Å². The zero-order valence-corrected chi connectivity index (χ0v) is 16.8. The second-order valence-electron chi connectivity index (χ2n) is 7.02. The molecule has 2 aromatic rings. The van der Waals surface area contributed by atoms with E-state index in [1.54, 1.807) is 24.4 Å². The van der Waals surface area contributed by atoms with Crippen molar-refractivity contribution < 1.29 is 18.8 Å². The first-order valence-electron chi connectivity index (χ1n) is 9.41. The monoisotopic (exact) mass is 404 g/mol. The van der Waals surface area contributed by atoms with E-state index in [1.807, 2.05) is 0 Å². The average Bonchev–Trinajstić information content (AvgIpc) is 3.39. The van der Waals surface area contributed by atoms with Crippen molar-refractivity contribution in [2.45, 2.75) is 57.9 Å². The predicted molar refractivity (Wildman–Crippen MR) is 104 cm³/mol. The molecule has 2 aromatic heterocycles. The Morgan fingerprint density at radius 3 is 2.82 bits per heavy atom. The van der Waals surface area contributed by atoms with Crippen molar-refractivity contribution in [1.82, 2.24) is 20.7 Å². The molecule has 4 amide bonds. The molecule has 1 aliphatic rings. The number of carbonyl (C=O) groups excluding carboxylic acids is 3. The second-order valence-corrected chi connectivity index (χ2v) is 7.88. The van der Waals surface area contributed by atoms with Crippen LogP contribution in [0, 0.1) is 0 Å². The average molecular weight is 404 g/mol. The van der Waals surface area contributed by atoms with Crippen LogP contribution < -0.4 is 10.7 Å². The fraction of sp³-hybridized carbons (Fsp3) is 0.474. The third kappa shape index (κ3) is 4.24. The molecule has 1 atom stereocenters. The number of amides is 4. The Balaban J connectivity index is 1.60. The van der Waals surface area contributed by atoms with Crippen molar-refractivity contribution in [3.63, 3.8) is 0 Å². The van der Waals surface area contributed by atoms with Gasteiger partial charge in [0.15, 0.2) is 10.8 Å². The van der Waals surface area contributed by atoms with Crippen LogP contribution in [0.25, 0.3) is 10.8 Å². The number of hydrazine groups is 1. The fourth-order valence-corrected chi connectivity index (χ4v) is 3.85. The summed E-state index contributed by atoms with van der Waals surface area (Å²) < 4.78 is 5.26. The highest BCUT2D eigenvalue weighted by molar-refractivity contribution is 7.13. The van der Waals surface area contributed by atoms with Crippen LogP contribution in [0.3, 0.4) is 0 Å². The highest BCUT2D eigenvalue weighted by Crippen LogP contribution is 2.25. The standard InChI is InChI=1S/C19H24N4O4S/c1-3-4-5-6-7-10-19(2)17(25)23(18(26)21-19)22-15(24)13-12-28-16(20-13)14-9-8-11-27-14/h8-9,11-12H,3-7,10H2,1-2H3,(H,21,26)(H,22,24)/t19-/m1/s1. The largest absolute Gasteiger partial charge is 0.462 e. The van der Waals surface area contributed by atoms with E-state index in [0.717, 1.165) is 37.1 Å². The van der Waals surface area contributed by atoms with Crippen LogP contribution in [0.4, 0.5) is 4.79 Å². The number of unbranched alkanes of at least 4 members (excludes halogenated alkanes) is 4. The molecule has 0 unspecified atom stereocenters. The van der Waals surface area contributed by atoms with Gasteiger partial charge in [-0.05, 0) is 25.5 Å². The molecule has 0 bridgehead atoms. The topological polar surface area (TPSA) is 105 Å². The van der Waals surface area contributed by atoms with E-state index in [9.17, 15) is 14.4 Å². The first kappa shape index (κ1) is 20.1. The van der Waals surface area contributed by atoms with Crippen molar-refractivity contribution in [2.75, 3.05) is 0 Å². The molecule has 8 nitrogen and oxygen atoms in total. The van der Waals surface area contributed by atoms with Crippen molar-refractivity contribution in [2.24, 2.45) is 0 Å². The lowest BCUT2D eigenvalue weighted by atomic mass is 9.94. The minimum atomic E-state index is -1.00. The van der Waals surface area contributed by atoms with Crippen LogP contribution in [0.15, 0.2) is 28.2 Å². The molecular formula is C19H24N4O4S. The minimum absolute atomic E-state index is 0.116. The lowest BCUT2D eigenvalue weighted by Crippen LogP contribution is -2.48. The lowest BCUT2D eigenvalue weighted by Gasteiger charge is -2.21. The molecule has 0 aromatic carbocycles. The van der Waals surface area contributed by atoms with E-state index < -0.39 is 23.4 Å². The maximum Gasteiger partial charge on any atom is 0.344 e. The molecular weight excluding hydrogens is 380 g/mol. The van der Waals surface area contributed by atoms with E-state index in [4.69, 9.17) is 4.42 Å². The number of aromatic nitrogens is 1. The van der Waals surface area contributed by atoms with Gasteiger partial charge in [0.1, 0.15) is 11.2 Å². The van der Waals surface area contributed by atoms with Gasteiger partial charge in [0.2, 0.25) is 0 Å². The molecule has 150 valence electrons. The zero-order chi connectivity index (χ0) is 20.1. The normalized spacial score (nSPS) is 19.1. The maximum atomic E-state index is 12.7. The third-order valence-corrected chi connectivity index (χ3v) is 5.58. The van der Waals surface area contributed by atoms with Crippen molar-refractivity contribution in [3.8, 4) is 10.8 Å². The summed E-state index contributed by atoms with van der Waals surface area (Å²) in [4.78, 5) is 41.6. The summed E-state index contributed by atoms with van der Waals surface area (Å²) in [6.45, 7) is 3.83. The molecule has 9 heteroatoms. The molecule has 2 N–H and O–H groups in total. The van der Waals surface area contributed by atoms with Crippen LogP contribution in [0.1, 0.15) is 62.9 Å². The Kier molecular flexibility index (Phi) is 6.13. The molecule has 3 heterocycles. The summed E-state index contributed by atoms with van der Waals surface area (Å²) in [6.07, 6.45) is 7.31. The molecule has 1 fully saturated rings. The first-order valence-corrected chi connectivity index (χ1v) is 10.3. The smallest absolute Gasteiger partial charge is 0.344 e. The number of hydrogen-bond acceptors (Lipinski definition) is 6. The summed E-state index contributed by atoms with van der Waals surface area (Å²) >= 11 is 1.24. The number of carbonyl (C=O) groups is 3. The van der Waals surface area contributed by atoms with E-state index >= 15 is 0 Å². The summed E-state index contributed by atoms with van der Waals surface area (Å²) in [7, 11) is 0. The molecule has 0 radical (unpaired) electrons. The number of imide groups is 1. The quantitative estimate of drug-likeness (QED) is 0.490. The highest BCUT2D eigenvalue weighted by Gasteiger charge is 2.48. The van der Waals surface area contributed by atoms with Crippen molar-refractivity contribution in [3.05, 3.63) is 29.5 Å². The minimum Gasteiger partial charge on any atom is -0.462 e. The number of thiazole rings is 1. The van der Waals surface area contributed by atoms with Gasteiger partial charge in [-0.1, -0.05) is 39.0 Å². The van der Waals surface area contributed by atoms with Gasteiger partial charge in [-0.25, -0.2) is 9.78 Å². The molecule has 0 saturated carbocycles. The summed E-state index contributed by atoms with van der Waals surface area (Å²) in [5.74, 6) is -0.526. The van der Waals surface area contributed by atoms with Gasteiger partial charge < -0.3 is 9.73 Å². The Bertz CT molecular complexity index is 848. The highest BCUT2D eigenvalue weighted by atomic mass is 32.1. The van der Waals surface area contributed by atoms with Gasteiger partial charge in [0.05, 0.1) is 6.26 Å². The van der Waals surface area contributed by atoms with Crippen LogP contribution >= 0.6 is 11.3 Å². The first-order chi connectivity index (χ1) is 13.4. The van der Waals surface area contributed by atoms with Crippen LogP contribution in [-0.4, -0.2) is 33.4 Å². The Labute approximate surface area is 167 Å². The predicted octanol–water partition coefficient (Wildman–Crippen LogP) is 3.72. The number of rotatable bonds is 9. The number of nitrogens with zero attached hydrogens (tertiary/aromatic N) is 2. The van der Waals surface area contributed by atoms with Gasteiger partial charge in [0, 0.05) is 5.38 Å². The molecule has 3 rings (SSSR count). The maximum absolute atomic E-state index is 12.7.